The lowest BCUT2D eigenvalue weighted by atomic mass is 10.1. The Bertz CT molecular complexity index is 59.7. The first-order valence-corrected chi connectivity index (χ1v) is 3.80. The van der Waals surface area contributed by atoms with Crippen molar-refractivity contribution in [2.75, 3.05) is 0 Å². The maximum atomic E-state index is 8.45. The second-order valence-corrected chi connectivity index (χ2v) is 2.98. The van der Waals surface area contributed by atoms with Crippen LogP contribution in [0.5, 0.6) is 0 Å². The van der Waals surface area contributed by atoms with E-state index in [2.05, 4.69) is 20.3 Å². The summed E-state index contributed by atoms with van der Waals surface area (Å²) in [4.78, 5) is 0. The van der Waals surface area contributed by atoms with Crippen molar-refractivity contribution < 1.29 is 10.2 Å². The van der Waals surface area contributed by atoms with Crippen LogP contribution in [0.4, 0.5) is 0 Å². The van der Waals surface area contributed by atoms with E-state index in [4.69, 9.17) is 10.2 Å². The number of aliphatic hydroxyl groups excluding tert-OH is 1. The third kappa shape index (κ3) is 7.92. The van der Waals surface area contributed by atoms with Crippen molar-refractivity contribution in [2.45, 2.75) is 39.4 Å². The number of hydrogen-bond donors (Lipinski definition) is 2. The predicted molar refractivity (Wildman–Crippen MR) is 41.2 cm³/mol. The third-order valence-electron chi connectivity index (χ3n) is 1.27. The van der Waals surface area contributed by atoms with Gasteiger partial charge < -0.3 is 10.2 Å². The molecule has 0 rings (SSSR count). The summed E-state index contributed by atoms with van der Waals surface area (Å²) in [7, 11) is 0. The van der Waals surface area contributed by atoms with Crippen LogP contribution in [0.25, 0.3) is 0 Å². The molecule has 61 valence electrons. The lowest BCUT2D eigenvalue weighted by Gasteiger charge is -2.04. The van der Waals surface area contributed by atoms with E-state index in [0.29, 0.717) is 12.3 Å². The summed E-state index contributed by atoms with van der Waals surface area (Å²) in [5, 5.41) is 16.9. The van der Waals surface area contributed by atoms with Crippen LogP contribution in [0.3, 0.4) is 0 Å². The fourth-order valence-electron chi connectivity index (χ4n) is 0.718. The fourth-order valence-corrected chi connectivity index (χ4v) is 0.718. The van der Waals surface area contributed by atoms with Crippen LogP contribution in [0, 0.1) is 12.3 Å². The molecule has 0 aliphatic rings. The van der Waals surface area contributed by atoms with Crippen molar-refractivity contribution in [1.82, 2.24) is 0 Å². The highest BCUT2D eigenvalue weighted by atomic mass is 16.5. The molecule has 0 unspecified atom stereocenters. The van der Waals surface area contributed by atoms with Gasteiger partial charge in [-0.2, -0.15) is 0 Å². The van der Waals surface area contributed by atoms with E-state index in [9.17, 15) is 0 Å². The number of rotatable bonds is 5. The zero-order valence-corrected chi connectivity index (χ0v) is 6.75. The molecule has 0 saturated heterocycles. The molecule has 2 nitrogen and oxygen atoms in total. The van der Waals surface area contributed by atoms with Crippen LogP contribution in [-0.4, -0.2) is 16.5 Å². The Kier molecular flexibility index (Phi) is 5.64. The largest absolute Gasteiger partial charge is 0.368 e. The van der Waals surface area contributed by atoms with Gasteiger partial charge >= 0.3 is 0 Å². The first-order chi connectivity index (χ1) is 4.63. The summed E-state index contributed by atoms with van der Waals surface area (Å²) in [5.41, 5.74) is 0. The average Bonchev–Trinajstić information content (AvgIpc) is 1.79. The predicted octanol–water partition coefficient (Wildman–Crippen LogP) is 1.33. The topological polar surface area (TPSA) is 40.5 Å². The van der Waals surface area contributed by atoms with E-state index >= 15 is 0 Å². The molecule has 0 aliphatic heterocycles. The summed E-state index contributed by atoms with van der Waals surface area (Å²) in [6.45, 7) is 4.29. The maximum Gasteiger partial charge on any atom is 0.151 e. The van der Waals surface area contributed by atoms with Crippen LogP contribution in [0.2, 0.25) is 0 Å². The summed E-state index contributed by atoms with van der Waals surface area (Å²) >= 11 is 0. The molecule has 1 radical (unpaired) electrons. The van der Waals surface area contributed by atoms with E-state index < -0.39 is 6.29 Å². The van der Waals surface area contributed by atoms with Gasteiger partial charge in [0.05, 0.1) is 0 Å². The third-order valence-corrected chi connectivity index (χ3v) is 1.27. The molecule has 0 spiro atoms. The van der Waals surface area contributed by atoms with Crippen molar-refractivity contribution >= 4 is 0 Å². The van der Waals surface area contributed by atoms with Gasteiger partial charge in [0, 0.05) is 0 Å². The highest BCUT2D eigenvalue weighted by molar-refractivity contribution is 4.66. The highest BCUT2D eigenvalue weighted by Crippen LogP contribution is 2.07. The Hall–Kier alpha value is -0.0800. The molecular weight excluding hydrogens is 128 g/mol. The minimum Gasteiger partial charge on any atom is -0.368 e. The normalized spacial score (nSPS) is 11.4. The molecule has 2 N–H and O–H groups in total. The molecule has 0 atom stereocenters. The standard InChI is InChI=1S/C8H17O2/c1-7(2)5-3-4-6-8(9)10/h3,7-10H,4-6H2,1-2H3. The molecular formula is C8H17O2. The van der Waals surface area contributed by atoms with E-state index in [1.807, 2.05) is 0 Å². The van der Waals surface area contributed by atoms with Gasteiger partial charge in [0.25, 0.3) is 0 Å². The second-order valence-electron chi connectivity index (χ2n) is 2.98. The molecule has 0 saturated carbocycles. The van der Waals surface area contributed by atoms with Crippen LogP contribution in [-0.2, 0) is 0 Å². The Morgan fingerprint density at radius 3 is 2.30 bits per heavy atom. The highest BCUT2D eigenvalue weighted by Gasteiger charge is 1.98. The molecule has 0 aromatic carbocycles. The molecule has 0 heterocycles. The first kappa shape index (κ1) is 9.92. The van der Waals surface area contributed by atoms with E-state index in [1.165, 1.54) is 0 Å². The summed E-state index contributed by atoms with van der Waals surface area (Å²) in [5.74, 6) is 0.677. The van der Waals surface area contributed by atoms with Gasteiger partial charge in [0.2, 0.25) is 0 Å². The monoisotopic (exact) mass is 145 g/mol. The number of hydrogen-bond acceptors (Lipinski definition) is 2. The minimum absolute atomic E-state index is 0.465. The number of aliphatic hydroxyl groups is 2. The van der Waals surface area contributed by atoms with Gasteiger partial charge in [-0.3, -0.25) is 0 Å². The Labute approximate surface area is 62.9 Å². The molecule has 0 aromatic rings. The Balaban J connectivity index is 2.91. The molecule has 0 aliphatic carbocycles. The van der Waals surface area contributed by atoms with E-state index in [0.717, 1.165) is 12.8 Å². The van der Waals surface area contributed by atoms with Crippen molar-refractivity contribution in [3.8, 4) is 0 Å². The molecule has 0 bridgehead atoms. The maximum absolute atomic E-state index is 8.45. The minimum atomic E-state index is -1.14. The summed E-state index contributed by atoms with van der Waals surface area (Å²) in [6.07, 6.45) is 3.29. The van der Waals surface area contributed by atoms with Gasteiger partial charge in [0.1, 0.15) is 0 Å². The van der Waals surface area contributed by atoms with Crippen LogP contribution in [0.1, 0.15) is 33.1 Å². The van der Waals surface area contributed by atoms with Gasteiger partial charge in [-0.25, -0.2) is 0 Å². The van der Waals surface area contributed by atoms with Crippen molar-refractivity contribution in [3.63, 3.8) is 0 Å². The van der Waals surface area contributed by atoms with Crippen LogP contribution in [0.15, 0.2) is 0 Å². The second kappa shape index (κ2) is 5.69. The molecule has 0 aromatic heterocycles. The van der Waals surface area contributed by atoms with Crippen molar-refractivity contribution in [3.05, 3.63) is 6.42 Å². The zero-order chi connectivity index (χ0) is 7.98. The SMILES string of the molecule is CC(C)C[CH]CCC(O)O. The fraction of sp³-hybridized carbons (Fsp3) is 0.875. The van der Waals surface area contributed by atoms with Crippen LogP contribution >= 0.6 is 0 Å². The molecule has 10 heavy (non-hydrogen) atoms. The smallest absolute Gasteiger partial charge is 0.151 e. The zero-order valence-electron chi connectivity index (χ0n) is 6.75. The van der Waals surface area contributed by atoms with Gasteiger partial charge in [-0.15, -0.1) is 0 Å². The molecule has 2 heteroatoms. The first-order valence-electron chi connectivity index (χ1n) is 3.80. The lowest BCUT2D eigenvalue weighted by molar-refractivity contribution is -0.0450. The van der Waals surface area contributed by atoms with Gasteiger partial charge in [-0.1, -0.05) is 13.8 Å². The van der Waals surface area contributed by atoms with Gasteiger partial charge in [-0.05, 0) is 31.6 Å². The molecule has 0 fully saturated rings. The van der Waals surface area contributed by atoms with Crippen molar-refractivity contribution in [2.24, 2.45) is 5.92 Å². The Morgan fingerprint density at radius 2 is 1.90 bits per heavy atom. The molecule has 0 amide bonds. The van der Waals surface area contributed by atoms with E-state index in [-0.39, 0.29) is 0 Å². The van der Waals surface area contributed by atoms with Gasteiger partial charge in [0.15, 0.2) is 6.29 Å². The average molecular weight is 145 g/mol. The Morgan fingerprint density at radius 1 is 1.30 bits per heavy atom. The van der Waals surface area contributed by atoms with Crippen LogP contribution < -0.4 is 0 Å². The number of unbranched alkanes of at least 4 members (excludes halogenated alkanes) is 1. The van der Waals surface area contributed by atoms with E-state index in [1.54, 1.807) is 0 Å². The quantitative estimate of drug-likeness (QED) is 0.452. The summed E-state index contributed by atoms with van der Waals surface area (Å²) < 4.78 is 0. The lowest BCUT2D eigenvalue weighted by Crippen LogP contribution is -2.03. The summed E-state index contributed by atoms with van der Waals surface area (Å²) in [6, 6.07) is 0. The van der Waals surface area contributed by atoms with Crippen molar-refractivity contribution in [1.29, 1.82) is 0 Å².